The Morgan fingerprint density at radius 2 is 1.78 bits per heavy atom. The largest absolute Gasteiger partial charge is 0.458 e. The summed E-state index contributed by atoms with van der Waals surface area (Å²) in [6, 6.07) is 4.31. The molecular formula is C14H18BrFO2. The van der Waals surface area contributed by atoms with Crippen molar-refractivity contribution >= 4 is 21.9 Å². The maximum absolute atomic E-state index is 13.6. The zero-order valence-corrected chi connectivity index (χ0v) is 12.6. The van der Waals surface area contributed by atoms with E-state index >= 15 is 0 Å². The van der Waals surface area contributed by atoms with Crippen LogP contribution in [0.5, 0.6) is 0 Å². The van der Waals surface area contributed by atoms with Crippen molar-refractivity contribution in [1.82, 2.24) is 0 Å². The molecule has 0 bridgehead atoms. The molecule has 2 nitrogen and oxygen atoms in total. The lowest BCUT2D eigenvalue weighted by Crippen LogP contribution is -2.29. The summed E-state index contributed by atoms with van der Waals surface area (Å²) in [6.45, 7) is 7.93. The molecule has 0 heterocycles. The Labute approximate surface area is 116 Å². The van der Waals surface area contributed by atoms with Gasteiger partial charge >= 0.3 is 5.97 Å². The number of hydrogen-bond donors (Lipinski definition) is 0. The van der Waals surface area contributed by atoms with E-state index in [2.05, 4.69) is 15.9 Å². The minimum Gasteiger partial charge on any atom is -0.458 e. The second-order valence-corrected chi connectivity index (χ2v) is 5.90. The van der Waals surface area contributed by atoms with E-state index in [9.17, 15) is 9.18 Å². The molecule has 0 aromatic heterocycles. The predicted molar refractivity (Wildman–Crippen MR) is 73.0 cm³/mol. The number of carbonyl (C=O) groups excluding carboxylic acids is 1. The average molecular weight is 317 g/mol. The lowest BCUT2D eigenvalue weighted by Gasteiger charge is -2.25. The van der Waals surface area contributed by atoms with Gasteiger partial charge in [-0.3, -0.25) is 0 Å². The number of hydrogen-bond acceptors (Lipinski definition) is 2. The van der Waals surface area contributed by atoms with Gasteiger partial charge in [0.2, 0.25) is 0 Å². The van der Waals surface area contributed by atoms with Crippen molar-refractivity contribution in [3.63, 3.8) is 0 Å². The Kier molecular flexibility index (Phi) is 5.32. The highest BCUT2D eigenvalue weighted by Crippen LogP contribution is 2.21. The van der Waals surface area contributed by atoms with Crippen LogP contribution in [0.15, 0.2) is 22.7 Å². The van der Waals surface area contributed by atoms with Crippen molar-refractivity contribution in [2.24, 2.45) is 11.8 Å². The van der Waals surface area contributed by atoms with Gasteiger partial charge in [0.25, 0.3) is 0 Å². The lowest BCUT2D eigenvalue weighted by atomic mass is 9.96. The number of halogens is 2. The molecule has 1 rings (SSSR count). The zero-order chi connectivity index (χ0) is 13.9. The zero-order valence-electron chi connectivity index (χ0n) is 11.0. The molecule has 0 N–H and O–H groups in total. The van der Waals surface area contributed by atoms with Crippen molar-refractivity contribution in [3.8, 4) is 0 Å². The summed E-state index contributed by atoms with van der Waals surface area (Å²) in [6.07, 6.45) is -0.208. The molecule has 0 aliphatic carbocycles. The fourth-order valence-corrected chi connectivity index (χ4v) is 2.22. The van der Waals surface area contributed by atoms with Crippen LogP contribution in [-0.4, -0.2) is 12.1 Å². The van der Waals surface area contributed by atoms with Crippen molar-refractivity contribution in [2.75, 3.05) is 0 Å². The summed E-state index contributed by atoms with van der Waals surface area (Å²) >= 11 is 3.15. The summed E-state index contributed by atoms with van der Waals surface area (Å²) < 4.78 is 19.6. The monoisotopic (exact) mass is 316 g/mol. The molecule has 0 aliphatic rings. The van der Waals surface area contributed by atoms with Crippen LogP contribution in [-0.2, 0) is 4.74 Å². The Balaban J connectivity index is 2.87. The number of ether oxygens (including phenoxy) is 1. The van der Waals surface area contributed by atoms with Crippen LogP contribution in [0.25, 0.3) is 0 Å². The van der Waals surface area contributed by atoms with Crippen molar-refractivity contribution in [2.45, 2.75) is 33.8 Å². The first kappa shape index (κ1) is 15.2. The summed E-state index contributed by atoms with van der Waals surface area (Å²) in [5.74, 6) is -0.770. The minimum absolute atomic E-state index is 0.0236. The third kappa shape index (κ3) is 3.80. The summed E-state index contributed by atoms with van der Waals surface area (Å²) in [5.41, 5.74) is -0.0236. The molecule has 0 saturated carbocycles. The van der Waals surface area contributed by atoms with Gasteiger partial charge in [0.05, 0.1) is 5.56 Å². The first-order valence-corrected chi connectivity index (χ1v) is 6.78. The normalized spacial score (nSPS) is 11.4. The molecule has 1 aromatic rings. The summed E-state index contributed by atoms with van der Waals surface area (Å²) in [7, 11) is 0. The van der Waals surface area contributed by atoms with Crippen LogP contribution in [0.2, 0.25) is 0 Å². The Hall–Kier alpha value is -0.900. The van der Waals surface area contributed by atoms with Crippen molar-refractivity contribution < 1.29 is 13.9 Å². The van der Waals surface area contributed by atoms with E-state index < -0.39 is 11.8 Å². The van der Waals surface area contributed by atoms with Gasteiger partial charge in [0.1, 0.15) is 11.9 Å². The van der Waals surface area contributed by atoms with Gasteiger partial charge in [0.15, 0.2) is 0 Å². The second-order valence-electron chi connectivity index (χ2n) is 4.98. The van der Waals surface area contributed by atoms with Crippen LogP contribution in [0, 0.1) is 17.7 Å². The maximum atomic E-state index is 13.6. The van der Waals surface area contributed by atoms with Gasteiger partial charge < -0.3 is 4.74 Å². The quantitative estimate of drug-likeness (QED) is 0.768. The molecule has 0 radical (unpaired) electrons. The van der Waals surface area contributed by atoms with E-state index in [0.29, 0.717) is 4.47 Å². The van der Waals surface area contributed by atoms with E-state index in [1.807, 2.05) is 27.7 Å². The van der Waals surface area contributed by atoms with E-state index in [0.717, 1.165) is 0 Å². The standard InChI is InChI=1S/C14H18BrFO2/c1-8(2)13(9(3)4)18-14(17)11-6-5-10(15)7-12(11)16/h5-9,13H,1-4H3. The molecule has 0 amide bonds. The molecule has 0 fully saturated rings. The minimum atomic E-state index is -0.604. The van der Waals surface area contributed by atoms with Crippen molar-refractivity contribution in [1.29, 1.82) is 0 Å². The number of carbonyl (C=O) groups is 1. The van der Waals surface area contributed by atoms with Gasteiger partial charge in [-0.25, -0.2) is 9.18 Å². The van der Waals surface area contributed by atoms with Crippen LogP contribution in [0.1, 0.15) is 38.1 Å². The first-order valence-electron chi connectivity index (χ1n) is 5.99. The third-order valence-electron chi connectivity index (χ3n) is 2.71. The molecule has 0 unspecified atom stereocenters. The van der Waals surface area contributed by atoms with Crippen LogP contribution in [0.3, 0.4) is 0 Å². The topological polar surface area (TPSA) is 26.3 Å². The highest BCUT2D eigenvalue weighted by molar-refractivity contribution is 9.10. The number of rotatable bonds is 4. The van der Waals surface area contributed by atoms with Gasteiger partial charge in [-0.15, -0.1) is 0 Å². The van der Waals surface area contributed by atoms with Gasteiger partial charge in [-0.1, -0.05) is 43.6 Å². The molecular weight excluding hydrogens is 299 g/mol. The van der Waals surface area contributed by atoms with Crippen LogP contribution < -0.4 is 0 Å². The van der Waals surface area contributed by atoms with E-state index in [4.69, 9.17) is 4.74 Å². The smallest absolute Gasteiger partial charge is 0.341 e. The molecule has 0 spiro atoms. The van der Waals surface area contributed by atoms with E-state index in [1.165, 1.54) is 12.1 Å². The van der Waals surface area contributed by atoms with E-state index in [1.54, 1.807) is 6.07 Å². The molecule has 100 valence electrons. The first-order chi connectivity index (χ1) is 8.32. The highest BCUT2D eigenvalue weighted by Gasteiger charge is 2.24. The number of benzene rings is 1. The molecule has 0 saturated heterocycles. The highest BCUT2D eigenvalue weighted by atomic mass is 79.9. The van der Waals surface area contributed by atoms with Crippen molar-refractivity contribution in [3.05, 3.63) is 34.1 Å². The van der Waals surface area contributed by atoms with Gasteiger partial charge in [-0.05, 0) is 30.0 Å². The Morgan fingerprint density at radius 3 is 2.22 bits per heavy atom. The summed E-state index contributed by atoms with van der Waals surface area (Å²) in [4.78, 5) is 11.9. The van der Waals surface area contributed by atoms with Crippen LogP contribution >= 0.6 is 15.9 Å². The fraction of sp³-hybridized carbons (Fsp3) is 0.500. The molecule has 1 aromatic carbocycles. The predicted octanol–water partition coefficient (Wildman–Crippen LogP) is 4.43. The molecule has 18 heavy (non-hydrogen) atoms. The average Bonchev–Trinajstić information content (AvgIpc) is 2.24. The van der Waals surface area contributed by atoms with E-state index in [-0.39, 0.29) is 23.5 Å². The maximum Gasteiger partial charge on any atom is 0.341 e. The number of esters is 1. The SMILES string of the molecule is CC(C)C(OC(=O)c1ccc(Br)cc1F)C(C)C. The third-order valence-corrected chi connectivity index (χ3v) is 3.20. The molecule has 0 aliphatic heterocycles. The lowest BCUT2D eigenvalue weighted by molar-refractivity contribution is 0.00278. The van der Waals surface area contributed by atoms with Gasteiger partial charge in [0, 0.05) is 4.47 Å². The Bertz CT molecular complexity index is 422. The molecule has 0 atom stereocenters. The van der Waals surface area contributed by atoms with Crippen LogP contribution in [0.4, 0.5) is 4.39 Å². The Morgan fingerprint density at radius 1 is 1.22 bits per heavy atom. The fourth-order valence-electron chi connectivity index (χ4n) is 1.88. The summed E-state index contributed by atoms with van der Waals surface area (Å²) in [5, 5.41) is 0. The molecule has 4 heteroatoms. The van der Waals surface area contributed by atoms with Gasteiger partial charge in [-0.2, -0.15) is 0 Å². The second kappa shape index (κ2) is 6.32.